The molecule has 0 saturated heterocycles. The second-order valence-electron chi connectivity index (χ2n) is 6.14. The van der Waals surface area contributed by atoms with Gasteiger partial charge in [-0.3, -0.25) is 14.3 Å². The van der Waals surface area contributed by atoms with Gasteiger partial charge < -0.3 is 9.88 Å². The number of carbonyl (C=O) groups is 1. The fraction of sp³-hybridized carbons (Fsp3) is 0.294. The Morgan fingerprint density at radius 1 is 1.17 bits per heavy atom. The highest BCUT2D eigenvalue weighted by Crippen LogP contribution is 2.29. The number of aromatic nitrogens is 5. The first-order valence-electron chi connectivity index (χ1n) is 8.34. The Labute approximate surface area is 167 Å². The van der Waals surface area contributed by atoms with Gasteiger partial charge in [-0.15, -0.1) is 10.2 Å². The zero-order valence-electron chi connectivity index (χ0n) is 15.7. The summed E-state index contributed by atoms with van der Waals surface area (Å²) in [6.45, 7) is 1.68. The third-order valence-electron chi connectivity index (χ3n) is 4.24. The maximum Gasteiger partial charge on any atom is 0.451 e. The molecule has 0 bridgehead atoms. The summed E-state index contributed by atoms with van der Waals surface area (Å²) in [4.78, 5) is 25.1. The van der Waals surface area contributed by atoms with Crippen molar-refractivity contribution in [3.63, 3.8) is 0 Å². The van der Waals surface area contributed by atoms with Crippen molar-refractivity contribution < 1.29 is 18.0 Å². The van der Waals surface area contributed by atoms with Crippen LogP contribution in [-0.4, -0.2) is 35.8 Å². The summed E-state index contributed by atoms with van der Waals surface area (Å²) >= 11 is 0.792. The molecule has 154 valence electrons. The van der Waals surface area contributed by atoms with Crippen LogP contribution in [0.1, 0.15) is 11.5 Å². The van der Waals surface area contributed by atoms with Crippen LogP contribution < -0.4 is 10.9 Å². The van der Waals surface area contributed by atoms with Gasteiger partial charge in [0, 0.05) is 14.1 Å². The van der Waals surface area contributed by atoms with E-state index in [9.17, 15) is 22.8 Å². The molecule has 0 aliphatic heterocycles. The molecule has 8 nitrogen and oxygen atoms in total. The number of thioether (sulfide) groups is 1. The third-order valence-corrected chi connectivity index (χ3v) is 5.26. The molecular weight excluding hydrogens is 409 g/mol. The standard InChI is InChI=1S/C17H17F3N6O2S/c1-10-13(14(28)26(25(10)3)11-7-5-4-6-8-11)21-12(27)9-29-16-23-22-15(24(16)2)17(18,19)20/h4-8H,9H2,1-3H3,(H,21,27). The van der Waals surface area contributed by atoms with Crippen LogP contribution in [0.4, 0.5) is 18.9 Å². The van der Waals surface area contributed by atoms with Gasteiger partial charge in [-0.25, -0.2) is 4.68 Å². The van der Waals surface area contributed by atoms with E-state index < -0.39 is 23.5 Å². The quantitative estimate of drug-likeness (QED) is 0.633. The van der Waals surface area contributed by atoms with E-state index in [1.807, 2.05) is 6.07 Å². The lowest BCUT2D eigenvalue weighted by molar-refractivity contribution is -0.147. The minimum absolute atomic E-state index is 0.0565. The Kier molecular flexibility index (Phi) is 5.55. The van der Waals surface area contributed by atoms with Crippen molar-refractivity contribution >= 4 is 23.4 Å². The van der Waals surface area contributed by atoms with E-state index in [4.69, 9.17) is 0 Å². The second kappa shape index (κ2) is 7.78. The van der Waals surface area contributed by atoms with Crippen LogP contribution in [0.2, 0.25) is 0 Å². The molecule has 0 aliphatic rings. The number of benzene rings is 1. The Hall–Kier alpha value is -3.02. The molecule has 0 unspecified atom stereocenters. The third kappa shape index (κ3) is 4.06. The second-order valence-corrected chi connectivity index (χ2v) is 7.08. The number of anilines is 1. The summed E-state index contributed by atoms with van der Waals surface area (Å²) in [5.41, 5.74) is 0.871. The van der Waals surface area contributed by atoms with Crippen molar-refractivity contribution in [3.8, 4) is 5.69 Å². The molecule has 0 aliphatic carbocycles. The molecule has 2 heterocycles. The number of nitrogens with zero attached hydrogens (tertiary/aromatic N) is 5. The minimum atomic E-state index is -4.63. The number of amides is 1. The molecule has 1 N–H and O–H groups in total. The number of hydrogen-bond acceptors (Lipinski definition) is 5. The fourth-order valence-corrected chi connectivity index (χ4v) is 3.42. The van der Waals surface area contributed by atoms with Gasteiger partial charge in [0.1, 0.15) is 5.69 Å². The van der Waals surface area contributed by atoms with E-state index in [1.165, 1.54) is 11.7 Å². The van der Waals surface area contributed by atoms with Crippen LogP contribution >= 0.6 is 11.8 Å². The van der Waals surface area contributed by atoms with Crippen molar-refractivity contribution in [2.45, 2.75) is 18.3 Å². The van der Waals surface area contributed by atoms with Crippen molar-refractivity contribution in [3.05, 3.63) is 52.2 Å². The van der Waals surface area contributed by atoms with Gasteiger partial charge in [-0.05, 0) is 19.1 Å². The van der Waals surface area contributed by atoms with Gasteiger partial charge in [0.25, 0.3) is 5.56 Å². The van der Waals surface area contributed by atoms with Crippen LogP contribution in [-0.2, 0) is 25.1 Å². The van der Waals surface area contributed by atoms with E-state index in [2.05, 4.69) is 15.5 Å². The zero-order chi connectivity index (χ0) is 21.3. The molecule has 3 aromatic rings. The number of rotatable bonds is 5. The highest BCUT2D eigenvalue weighted by molar-refractivity contribution is 7.99. The molecule has 0 radical (unpaired) electrons. The molecule has 1 amide bonds. The first-order valence-corrected chi connectivity index (χ1v) is 9.33. The van der Waals surface area contributed by atoms with E-state index >= 15 is 0 Å². The van der Waals surface area contributed by atoms with Gasteiger partial charge in [0.15, 0.2) is 5.16 Å². The molecule has 2 aromatic heterocycles. The number of halogens is 3. The predicted molar refractivity (Wildman–Crippen MR) is 101 cm³/mol. The molecule has 0 fully saturated rings. The van der Waals surface area contributed by atoms with E-state index in [0.29, 0.717) is 11.4 Å². The van der Waals surface area contributed by atoms with Crippen molar-refractivity contribution in [1.82, 2.24) is 24.1 Å². The van der Waals surface area contributed by atoms with E-state index in [-0.39, 0.29) is 16.6 Å². The SMILES string of the molecule is Cc1c(NC(=O)CSc2nnc(C(F)(F)F)n2C)c(=O)n(-c2ccccc2)n1C. The number of alkyl halides is 3. The first-order chi connectivity index (χ1) is 13.6. The highest BCUT2D eigenvalue weighted by atomic mass is 32.2. The van der Waals surface area contributed by atoms with Crippen molar-refractivity contribution in [2.24, 2.45) is 14.1 Å². The summed E-state index contributed by atoms with van der Waals surface area (Å²) in [6.07, 6.45) is -4.63. The topological polar surface area (TPSA) is 86.7 Å². The lowest BCUT2D eigenvalue weighted by Crippen LogP contribution is -2.23. The summed E-state index contributed by atoms with van der Waals surface area (Å²) < 4.78 is 42.1. The number of nitrogens with one attached hydrogen (secondary N) is 1. The average Bonchev–Trinajstić information content (AvgIpc) is 3.14. The maximum atomic E-state index is 12.8. The van der Waals surface area contributed by atoms with Crippen LogP contribution in [0.25, 0.3) is 5.69 Å². The maximum absolute atomic E-state index is 12.8. The molecule has 0 saturated carbocycles. The fourth-order valence-electron chi connectivity index (χ4n) is 2.71. The van der Waals surface area contributed by atoms with Gasteiger partial charge >= 0.3 is 6.18 Å². The van der Waals surface area contributed by atoms with E-state index in [1.54, 1.807) is 42.9 Å². The lowest BCUT2D eigenvalue weighted by atomic mass is 10.3. The minimum Gasteiger partial charge on any atom is -0.319 e. The Morgan fingerprint density at radius 2 is 1.83 bits per heavy atom. The molecule has 0 atom stereocenters. The summed E-state index contributed by atoms with van der Waals surface area (Å²) in [6, 6.07) is 8.91. The zero-order valence-corrected chi connectivity index (χ0v) is 16.5. The summed E-state index contributed by atoms with van der Waals surface area (Å²) in [5.74, 6) is -1.93. The molecular formula is C17H17F3N6O2S. The van der Waals surface area contributed by atoms with Crippen LogP contribution in [0.15, 0.2) is 40.3 Å². The molecule has 1 aromatic carbocycles. The number of carbonyl (C=O) groups excluding carboxylic acids is 1. The summed E-state index contributed by atoms with van der Waals surface area (Å²) in [5, 5.41) is 9.05. The molecule has 12 heteroatoms. The Bertz CT molecular complexity index is 1100. The predicted octanol–water partition coefficient (Wildman–Crippen LogP) is 2.36. The van der Waals surface area contributed by atoms with Crippen LogP contribution in [0, 0.1) is 6.92 Å². The largest absolute Gasteiger partial charge is 0.451 e. The molecule has 3 rings (SSSR count). The van der Waals surface area contributed by atoms with Crippen molar-refractivity contribution in [1.29, 1.82) is 0 Å². The van der Waals surface area contributed by atoms with E-state index in [0.717, 1.165) is 16.3 Å². The molecule has 29 heavy (non-hydrogen) atoms. The normalized spacial score (nSPS) is 11.7. The summed E-state index contributed by atoms with van der Waals surface area (Å²) in [7, 11) is 2.86. The first kappa shape index (κ1) is 20.7. The average molecular weight is 426 g/mol. The molecule has 0 spiro atoms. The lowest BCUT2D eigenvalue weighted by Gasteiger charge is -2.07. The van der Waals surface area contributed by atoms with Crippen LogP contribution in [0.3, 0.4) is 0 Å². The monoisotopic (exact) mass is 426 g/mol. The van der Waals surface area contributed by atoms with Crippen molar-refractivity contribution in [2.75, 3.05) is 11.1 Å². The highest BCUT2D eigenvalue weighted by Gasteiger charge is 2.37. The smallest absolute Gasteiger partial charge is 0.319 e. The van der Waals surface area contributed by atoms with Gasteiger partial charge in [-0.2, -0.15) is 13.2 Å². The van der Waals surface area contributed by atoms with Gasteiger partial charge in [0.05, 0.1) is 17.1 Å². The van der Waals surface area contributed by atoms with Gasteiger partial charge in [-0.1, -0.05) is 30.0 Å². The van der Waals surface area contributed by atoms with Gasteiger partial charge in [0.2, 0.25) is 11.7 Å². The van der Waals surface area contributed by atoms with Crippen LogP contribution in [0.5, 0.6) is 0 Å². The Morgan fingerprint density at radius 3 is 2.41 bits per heavy atom. The number of para-hydroxylation sites is 1. The Balaban J connectivity index is 1.76. The number of hydrogen-bond donors (Lipinski definition) is 1.